The van der Waals surface area contributed by atoms with E-state index in [2.05, 4.69) is 15.0 Å². The highest BCUT2D eigenvalue weighted by molar-refractivity contribution is 5.83. The van der Waals surface area contributed by atoms with E-state index in [4.69, 9.17) is 9.47 Å². The highest BCUT2D eigenvalue weighted by Gasteiger charge is 2.54. The van der Waals surface area contributed by atoms with Gasteiger partial charge in [0.1, 0.15) is 12.4 Å². The van der Waals surface area contributed by atoms with Crippen molar-refractivity contribution in [2.45, 2.75) is 44.3 Å². The first kappa shape index (κ1) is 15.7. The van der Waals surface area contributed by atoms with Gasteiger partial charge in [0, 0.05) is 26.6 Å². The third kappa shape index (κ3) is 2.28. The third-order valence-electron chi connectivity index (χ3n) is 4.91. The van der Waals surface area contributed by atoms with Crippen molar-refractivity contribution >= 4 is 17.0 Å². The molecule has 4 rings (SSSR count). The zero-order valence-electron chi connectivity index (χ0n) is 14.4. The molecule has 0 radical (unpaired) electrons. The monoisotopic (exact) mass is 333 g/mol. The lowest BCUT2D eigenvalue weighted by Crippen LogP contribution is -2.27. The second-order valence-electron chi connectivity index (χ2n) is 7.23. The third-order valence-corrected chi connectivity index (χ3v) is 4.91. The highest BCUT2D eigenvalue weighted by Crippen LogP contribution is 2.47. The van der Waals surface area contributed by atoms with Crippen LogP contribution in [0.2, 0.25) is 0 Å². The summed E-state index contributed by atoms with van der Waals surface area (Å²) in [6.45, 7) is 3.91. The second-order valence-corrected chi connectivity index (χ2v) is 7.23. The number of aromatic nitrogens is 4. The Balaban J connectivity index is 1.76. The number of fused-ring (bicyclic) bond motifs is 2. The standard InChI is InChI=1S/C16H23N5O3/c1-16(2)23-12-9(6-22)5-10(13(12)24-16)21-8-19-11-14(20(3)4)17-7-18-15(11)21/h7-10,12-13,22H,5-6H2,1-4H3/t9-,10-,12-,13+/m1/s1. The average Bonchev–Trinajstić information content (AvgIpc) is 3.17. The molecule has 1 aliphatic carbocycles. The Bertz CT molecular complexity index is 759. The minimum absolute atomic E-state index is 0.0313. The van der Waals surface area contributed by atoms with Crippen LogP contribution in [0.15, 0.2) is 12.7 Å². The van der Waals surface area contributed by atoms with Gasteiger partial charge in [0.05, 0.1) is 18.5 Å². The molecule has 0 unspecified atom stereocenters. The number of aliphatic hydroxyl groups excluding tert-OH is 1. The summed E-state index contributed by atoms with van der Waals surface area (Å²) in [5.74, 6) is 0.201. The zero-order chi connectivity index (χ0) is 17.1. The smallest absolute Gasteiger partial charge is 0.165 e. The number of imidazole rings is 1. The molecule has 0 aromatic carbocycles. The van der Waals surface area contributed by atoms with Gasteiger partial charge in [-0.15, -0.1) is 0 Å². The van der Waals surface area contributed by atoms with Crippen LogP contribution < -0.4 is 4.90 Å². The molecule has 1 saturated heterocycles. The number of aliphatic hydroxyl groups is 1. The van der Waals surface area contributed by atoms with E-state index >= 15 is 0 Å². The summed E-state index contributed by atoms with van der Waals surface area (Å²) in [7, 11) is 3.87. The molecule has 4 atom stereocenters. The van der Waals surface area contributed by atoms with E-state index in [1.54, 1.807) is 12.7 Å². The molecule has 1 aliphatic heterocycles. The first-order chi connectivity index (χ1) is 11.4. The van der Waals surface area contributed by atoms with Crippen molar-refractivity contribution in [2.75, 3.05) is 25.6 Å². The summed E-state index contributed by atoms with van der Waals surface area (Å²) in [5, 5.41) is 9.74. The maximum atomic E-state index is 9.74. The fourth-order valence-corrected chi connectivity index (χ4v) is 3.92. The lowest BCUT2D eigenvalue weighted by molar-refractivity contribution is -0.161. The Kier molecular flexibility index (Phi) is 3.52. The number of nitrogens with zero attached hydrogens (tertiary/aromatic N) is 5. The van der Waals surface area contributed by atoms with Crippen LogP contribution in [0.25, 0.3) is 11.2 Å². The van der Waals surface area contributed by atoms with E-state index in [1.165, 1.54) is 0 Å². The van der Waals surface area contributed by atoms with Gasteiger partial charge in [0.2, 0.25) is 0 Å². The van der Waals surface area contributed by atoms with Crippen molar-refractivity contribution in [2.24, 2.45) is 5.92 Å². The van der Waals surface area contributed by atoms with Crippen molar-refractivity contribution in [1.29, 1.82) is 0 Å². The number of hydrogen-bond acceptors (Lipinski definition) is 7. The molecule has 0 spiro atoms. The van der Waals surface area contributed by atoms with Crippen LogP contribution in [0.3, 0.4) is 0 Å². The van der Waals surface area contributed by atoms with Gasteiger partial charge in [-0.25, -0.2) is 15.0 Å². The van der Waals surface area contributed by atoms with Gasteiger partial charge in [0.15, 0.2) is 22.8 Å². The molecule has 8 heteroatoms. The normalized spacial score (nSPS) is 31.5. The molecule has 8 nitrogen and oxygen atoms in total. The van der Waals surface area contributed by atoms with E-state index in [1.807, 2.05) is 37.4 Å². The largest absolute Gasteiger partial charge is 0.396 e. The van der Waals surface area contributed by atoms with Crippen molar-refractivity contribution in [3.8, 4) is 0 Å². The molecule has 2 aliphatic rings. The lowest BCUT2D eigenvalue weighted by Gasteiger charge is -2.23. The van der Waals surface area contributed by atoms with E-state index < -0.39 is 5.79 Å². The first-order valence-electron chi connectivity index (χ1n) is 8.22. The Labute approximate surface area is 140 Å². The molecule has 2 fully saturated rings. The summed E-state index contributed by atoms with van der Waals surface area (Å²) in [5.41, 5.74) is 1.55. The van der Waals surface area contributed by atoms with Crippen LogP contribution in [0, 0.1) is 5.92 Å². The molecule has 0 amide bonds. The van der Waals surface area contributed by atoms with Crippen LogP contribution in [0.5, 0.6) is 0 Å². The average molecular weight is 333 g/mol. The van der Waals surface area contributed by atoms with Crippen LogP contribution in [0.1, 0.15) is 26.3 Å². The molecule has 1 N–H and O–H groups in total. The minimum Gasteiger partial charge on any atom is -0.396 e. The minimum atomic E-state index is -0.637. The number of hydrogen-bond donors (Lipinski definition) is 1. The van der Waals surface area contributed by atoms with Gasteiger partial charge < -0.3 is 24.0 Å². The van der Waals surface area contributed by atoms with E-state index in [-0.39, 0.29) is 30.8 Å². The van der Waals surface area contributed by atoms with Gasteiger partial charge in [-0.2, -0.15) is 0 Å². The summed E-state index contributed by atoms with van der Waals surface area (Å²) in [4.78, 5) is 15.2. The van der Waals surface area contributed by atoms with E-state index in [0.717, 1.165) is 23.4 Å². The Hall–Kier alpha value is -1.77. The van der Waals surface area contributed by atoms with Gasteiger partial charge in [-0.3, -0.25) is 0 Å². The maximum absolute atomic E-state index is 9.74. The quantitative estimate of drug-likeness (QED) is 0.895. The molecular weight excluding hydrogens is 310 g/mol. The van der Waals surface area contributed by atoms with E-state index in [0.29, 0.717) is 0 Å². The molecule has 24 heavy (non-hydrogen) atoms. The van der Waals surface area contributed by atoms with Gasteiger partial charge in [0.25, 0.3) is 0 Å². The van der Waals surface area contributed by atoms with Crippen LogP contribution in [-0.4, -0.2) is 63.3 Å². The molecule has 0 bridgehead atoms. The molecule has 130 valence electrons. The summed E-state index contributed by atoms with van der Waals surface area (Å²) < 4.78 is 14.2. The SMILES string of the molecule is CN(C)c1ncnc2c1ncn2[C@@H]1C[C@H](CO)[C@H]2OC(C)(C)O[C@H]21. The Morgan fingerprint density at radius 1 is 1.25 bits per heavy atom. The molecule has 3 heterocycles. The number of ether oxygens (including phenoxy) is 2. The van der Waals surface area contributed by atoms with Crippen molar-refractivity contribution in [3.05, 3.63) is 12.7 Å². The van der Waals surface area contributed by atoms with E-state index in [9.17, 15) is 5.11 Å². The Morgan fingerprint density at radius 2 is 2.00 bits per heavy atom. The Morgan fingerprint density at radius 3 is 2.71 bits per heavy atom. The second kappa shape index (κ2) is 5.37. The fraction of sp³-hybridized carbons (Fsp3) is 0.688. The van der Waals surface area contributed by atoms with Gasteiger partial charge in [-0.05, 0) is 20.3 Å². The highest BCUT2D eigenvalue weighted by atomic mass is 16.8. The summed E-state index contributed by atoms with van der Waals surface area (Å²) in [6.07, 6.45) is 3.90. The number of anilines is 1. The molecule has 2 aromatic rings. The lowest BCUT2D eigenvalue weighted by atomic mass is 10.1. The first-order valence-corrected chi connectivity index (χ1v) is 8.22. The number of rotatable bonds is 3. The van der Waals surface area contributed by atoms with Crippen LogP contribution in [0.4, 0.5) is 5.82 Å². The van der Waals surface area contributed by atoms with Crippen molar-refractivity contribution in [1.82, 2.24) is 19.5 Å². The zero-order valence-corrected chi connectivity index (χ0v) is 14.4. The van der Waals surface area contributed by atoms with Gasteiger partial charge in [-0.1, -0.05) is 0 Å². The molecule has 1 saturated carbocycles. The van der Waals surface area contributed by atoms with Crippen molar-refractivity contribution < 1.29 is 14.6 Å². The van der Waals surface area contributed by atoms with Crippen LogP contribution in [-0.2, 0) is 9.47 Å². The molecule has 2 aromatic heterocycles. The van der Waals surface area contributed by atoms with Crippen LogP contribution >= 0.6 is 0 Å². The topological polar surface area (TPSA) is 85.5 Å². The van der Waals surface area contributed by atoms with Gasteiger partial charge >= 0.3 is 0 Å². The summed E-state index contributed by atoms with van der Waals surface area (Å²) >= 11 is 0. The maximum Gasteiger partial charge on any atom is 0.165 e. The van der Waals surface area contributed by atoms with Crippen molar-refractivity contribution in [3.63, 3.8) is 0 Å². The summed E-state index contributed by atoms with van der Waals surface area (Å²) in [6, 6.07) is 0.0313. The predicted molar refractivity (Wildman–Crippen MR) is 87.7 cm³/mol. The fourth-order valence-electron chi connectivity index (χ4n) is 3.92. The predicted octanol–water partition coefficient (Wildman–Crippen LogP) is 0.966. The molecular formula is C16H23N5O3.